The van der Waals surface area contributed by atoms with Crippen LogP contribution in [0, 0.1) is 5.41 Å². The zero-order chi connectivity index (χ0) is 22.8. The van der Waals surface area contributed by atoms with Crippen LogP contribution in [0.5, 0.6) is 0 Å². The average molecular weight is 431 g/mol. The summed E-state index contributed by atoms with van der Waals surface area (Å²) in [5.74, 6) is 0.0623. The summed E-state index contributed by atoms with van der Waals surface area (Å²) in [6.45, 7) is 7.56. The molecule has 0 spiro atoms. The van der Waals surface area contributed by atoms with Crippen LogP contribution in [0.4, 0.5) is 0 Å². The predicted octanol–water partition coefficient (Wildman–Crippen LogP) is 4.02. The molecule has 2 aromatic carbocycles. The van der Waals surface area contributed by atoms with Gasteiger partial charge in [-0.1, -0.05) is 32.9 Å². The summed E-state index contributed by atoms with van der Waals surface area (Å²) >= 11 is 0. The van der Waals surface area contributed by atoms with Crippen LogP contribution in [0.15, 0.2) is 42.7 Å². The Labute approximate surface area is 188 Å². The van der Waals surface area contributed by atoms with E-state index in [0.717, 1.165) is 28.6 Å². The van der Waals surface area contributed by atoms with E-state index in [9.17, 15) is 9.59 Å². The Morgan fingerprint density at radius 3 is 2.69 bits per heavy atom. The van der Waals surface area contributed by atoms with E-state index >= 15 is 0 Å². The second-order valence-corrected chi connectivity index (χ2v) is 10.2. The van der Waals surface area contributed by atoms with Crippen molar-refractivity contribution in [2.75, 3.05) is 20.6 Å². The fourth-order valence-electron chi connectivity index (χ4n) is 5.86. The van der Waals surface area contributed by atoms with Crippen molar-refractivity contribution in [3.8, 4) is 0 Å². The number of likely N-dealkylation sites (tertiary alicyclic amines) is 1. The molecule has 6 nitrogen and oxygen atoms in total. The van der Waals surface area contributed by atoms with Gasteiger partial charge in [0.1, 0.15) is 0 Å². The van der Waals surface area contributed by atoms with Gasteiger partial charge in [0.05, 0.1) is 17.4 Å². The Kier molecular flexibility index (Phi) is 4.49. The summed E-state index contributed by atoms with van der Waals surface area (Å²) in [6.07, 6.45) is 3.20. The van der Waals surface area contributed by atoms with E-state index in [0.29, 0.717) is 18.5 Å². The summed E-state index contributed by atoms with van der Waals surface area (Å²) in [5.41, 5.74) is 5.26. The van der Waals surface area contributed by atoms with Crippen LogP contribution < -0.4 is 0 Å². The van der Waals surface area contributed by atoms with Crippen LogP contribution in [-0.2, 0) is 11.8 Å². The summed E-state index contributed by atoms with van der Waals surface area (Å²) < 4.78 is 0. The fourth-order valence-corrected chi connectivity index (χ4v) is 5.86. The van der Waals surface area contributed by atoms with Crippen LogP contribution in [0.1, 0.15) is 59.0 Å². The van der Waals surface area contributed by atoms with Crippen LogP contribution in [-0.4, -0.2) is 58.3 Å². The van der Waals surface area contributed by atoms with Gasteiger partial charge >= 0.3 is 0 Å². The van der Waals surface area contributed by atoms with Crippen molar-refractivity contribution in [3.05, 3.63) is 65.0 Å². The molecule has 0 unspecified atom stereocenters. The zero-order valence-electron chi connectivity index (χ0n) is 19.4. The fraction of sp³-hybridized carbons (Fsp3) is 0.423. The van der Waals surface area contributed by atoms with Gasteiger partial charge in [0, 0.05) is 43.2 Å². The Morgan fingerprint density at radius 1 is 1.16 bits per heavy atom. The van der Waals surface area contributed by atoms with Gasteiger partial charge in [0.15, 0.2) is 0 Å². The molecule has 3 aromatic rings. The maximum atomic E-state index is 13.7. The standard InChI is InChI=1S/C26H30N4O2/c1-25(2)22-14-18-17(24(32)29(4)5)7-6-8-19(18)26(25,3)11-12-30(22)23(31)16-9-10-20-21(13-16)28-15-27-20/h6-10,13,15,22H,11-12,14H2,1-5H3,(H,27,28)/t22-,26+/m1/s1. The SMILES string of the molecule is CN(C)C(=O)c1cccc2c1C[C@H]1N(C(=O)c3ccc4nc[nH]c4c3)CC[C@]2(C)C1(C)C. The Bertz CT molecular complexity index is 1240. The number of nitrogens with zero attached hydrogens (tertiary/aromatic N) is 3. The van der Waals surface area contributed by atoms with Gasteiger partial charge in [0.25, 0.3) is 11.8 Å². The number of carbonyl (C=O) groups is 2. The van der Waals surface area contributed by atoms with Crippen LogP contribution in [0.3, 0.4) is 0 Å². The predicted molar refractivity (Wildman–Crippen MR) is 125 cm³/mol. The van der Waals surface area contributed by atoms with E-state index in [4.69, 9.17) is 0 Å². The van der Waals surface area contributed by atoms with Gasteiger partial charge in [-0.05, 0) is 53.6 Å². The number of hydrogen-bond acceptors (Lipinski definition) is 3. The molecule has 2 bridgehead atoms. The number of carbonyl (C=O) groups excluding carboxylic acids is 2. The lowest BCUT2D eigenvalue weighted by molar-refractivity contribution is -0.0263. The minimum absolute atomic E-state index is 0.00910. The third kappa shape index (κ3) is 2.74. The molecule has 2 aliphatic rings. The number of rotatable bonds is 2. The molecule has 0 saturated carbocycles. The lowest BCUT2D eigenvalue weighted by Gasteiger charge is -2.61. The summed E-state index contributed by atoms with van der Waals surface area (Å²) in [7, 11) is 3.58. The van der Waals surface area contributed by atoms with Crippen molar-refractivity contribution in [2.45, 2.75) is 45.1 Å². The van der Waals surface area contributed by atoms with Crippen molar-refractivity contribution in [1.82, 2.24) is 19.8 Å². The molecule has 2 atom stereocenters. The molecule has 1 saturated heterocycles. The van der Waals surface area contributed by atoms with Crippen molar-refractivity contribution in [2.24, 2.45) is 5.41 Å². The quantitative estimate of drug-likeness (QED) is 0.668. The first-order chi connectivity index (χ1) is 15.1. The van der Waals surface area contributed by atoms with Crippen molar-refractivity contribution in [3.63, 3.8) is 0 Å². The molecule has 1 fully saturated rings. The minimum atomic E-state index is -0.133. The first-order valence-electron chi connectivity index (χ1n) is 11.2. The highest BCUT2D eigenvalue weighted by Gasteiger charge is 2.57. The van der Waals surface area contributed by atoms with Gasteiger partial charge in [-0.2, -0.15) is 0 Å². The lowest BCUT2D eigenvalue weighted by atomic mass is 9.50. The molecule has 2 amide bonds. The smallest absolute Gasteiger partial charge is 0.254 e. The molecule has 166 valence electrons. The number of H-pyrrole nitrogens is 1. The molecule has 0 radical (unpaired) electrons. The minimum Gasteiger partial charge on any atom is -0.345 e. The van der Waals surface area contributed by atoms with Crippen molar-refractivity contribution in [1.29, 1.82) is 0 Å². The molecule has 1 N–H and O–H groups in total. The summed E-state index contributed by atoms with van der Waals surface area (Å²) in [4.78, 5) is 37.7. The number of amides is 2. The average Bonchev–Trinajstić information content (AvgIpc) is 3.23. The van der Waals surface area contributed by atoms with Crippen LogP contribution in [0.25, 0.3) is 11.0 Å². The van der Waals surface area contributed by atoms with E-state index in [1.165, 1.54) is 5.56 Å². The van der Waals surface area contributed by atoms with E-state index < -0.39 is 0 Å². The lowest BCUT2D eigenvalue weighted by Crippen LogP contribution is -2.65. The second kappa shape index (κ2) is 6.92. The first-order valence-corrected chi connectivity index (χ1v) is 11.2. The number of aromatic amines is 1. The number of hydrogen-bond donors (Lipinski definition) is 1. The first kappa shape index (κ1) is 20.7. The highest BCUT2D eigenvalue weighted by Crippen LogP contribution is 2.56. The largest absolute Gasteiger partial charge is 0.345 e. The number of fused-ring (bicyclic) bond motifs is 5. The third-order valence-corrected chi connectivity index (χ3v) is 8.22. The van der Waals surface area contributed by atoms with Crippen molar-refractivity contribution >= 4 is 22.8 Å². The Morgan fingerprint density at radius 2 is 1.94 bits per heavy atom. The molecule has 5 rings (SSSR count). The van der Waals surface area contributed by atoms with E-state index in [1.54, 1.807) is 25.3 Å². The number of imidazole rings is 1. The number of piperidine rings is 1. The monoisotopic (exact) mass is 430 g/mol. The molecule has 1 aliphatic carbocycles. The number of benzene rings is 2. The molecular formula is C26H30N4O2. The van der Waals surface area contributed by atoms with E-state index in [2.05, 4.69) is 36.8 Å². The molecule has 2 heterocycles. The highest BCUT2D eigenvalue weighted by molar-refractivity contribution is 5.98. The number of aromatic nitrogens is 2. The zero-order valence-corrected chi connectivity index (χ0v) is 19.4. The van der Waals surface area contributed by atoms with Gasteiger partial charge in [0.2, 0.25) is 0 Å². The normalized spacial score (nSPS) is 23.7. The van der Waals surface area contributed by atoms with E-state index in [1.807, 2.05) is 35.2 Å². The molecular weight excluding hydrogens is 400 g/mol. The van der Waals surface area contributed by atoms with Gasteiger partial charge in [-0.15, -0.1) is 0 Å². The second-order valence-electron chi connectivity index (χ2n) is 10.2. The Balaban J connectivity index is 1.59. The molecule has 6 heteroatoms. The maximum Gasteiger partial charge on any atom is 0.254 e. The van der Waals surface area contributed by atoms with E-state index in [-0.39, 0.29) is 28.7 Å². The molecule has 1 aliphatic heterocycles. The third-order valence-electron chi connectivity index (χ3n) is 8.22. The summed E-state index contributed by atoms with van der Waals surface area (Å²) in [5, 5.41) is 0. The van der Waals surface area contributed by atoms with Crippen LogP contribution >= 0.6 is 0 Å². The van der Waals surface area contributed by atoms with Gasteiger partial charge in [-0.3, -0.25) is 9.59 Å². The topological polar surface area (TPSA) is 69.3 Å². The summed E-state index contributed by atoms with van der Waals surface area (Å²) in [6, 6.07) is 11.8. The number of nitrogens with one attached hydrogen (secondary N) is 1. The Hall–Kier alpha value is -3.15. The molecule has 32 heavy (non-hydrogen) atoms. The van der Waals surface area contributed by atoms with Crippen molar-refractivity contribution < 1.29 is 9.59 Å². The van der Waals surface area contributed by atoms with Gasteiger partial charge < -0.3 is 14.8 Å². The molecule has 1 aromatic heterocycles. The van der Waals surface area contributed by atoms with Gasteiger partial charge in [-0.25, -0.2) is 4.98 Å². The highest BCUT2D eigenvalue weighted by atomic mass is 16.2. The van der Waals surface area contributed by atoms with Crippen LogP contribution in [0.2, 0.25) is 0 Å². The maximum absolute atomic E-state index is 13.7.